The fourth-order valence-corrected chi connectivity index (χ4v) is 1.74. The Kier molecular flexibility index (Phi) is 6.29. The molecule has 4 N–H and O–H groups in total. The Balaban J connectivity index is 1.86. The highest BCUT2D eigenvalue weighted by atomic mass is 16.5. The number of hydrogen-bond acceptors (Lipinski definition) is 6. The van der Waals surface area contributed by atoms with Crippen molar-refractivity contribution in [3.8, 4) is 5.75 Å². The monoisotopic (exact) mass is 344 g/mol. The zero-order valence-electron chi connectivity index (χ0n) is 13.1. The summed E-state index contributed by atoms with van der Waals surface area (Å²) < 4.78 is 10.2. The second-order valence-electron chi connectivity index (χ2n) is 4.75. The van der Waals surface area contributed by atoms with Gasteiger partial charge in [0.1, 0.15) is 11.5 Å². The molecular weight excluding hydrogens is 328 g/mol. The van der Waals surface area contributed by atoms with E-state index < -0.39 is 17.7 Å². The second kappa shape index (κ2) is 8.87. The van der Waals surface area contributed by atoms with E-state index >= 15 is 0 Å². The molecule has 1 aromatic heterocycles. The molecule has 0 spiro atoms. The van der Waals surface area contributed by atoms with Gasteiger partial charge in [0.2, 0.25) is 0 Å². The molecule has 9 nitrogen and oxygen atoms in total. The van der Waals surface area contributed by atoms with Crippen molar-refractivity contribution < 1.29 is 23.5 Å². The van der Waals surface area contributed by atoms with Crippen LogP contribution in [0.25, 0.3) is 0 Å². The van der Waals surface area contributed by atoms with Gasteiger partial charge in [-0.2, -0.15) is 5.10 Å². The minimum absolute atomic E-state index is 0.0900. The Morgan fingerprint density at radius 3 is 2.68 bits per heavy atom. The normalized spacial score (nSPS) is 10.4. The summed E-state index contributed by atoms with van der Waals surface area (Å²) in [6.45, 7) is -0.195. The number of benzene rings is 1. The van der Waals surface area contributed by atoms with Crippen LogP contribution < -0.4 is 21.2 Å². The number of ether oxygens (including phenoxy) is 1. The zero-order valence-corrected chi connectivity index (χ0v) is 13.1. The van der Waals surface area contributed by atoms with Gasteiger partial charge in [-0.15, -0.1) is 0 Å². The van der Waals surface area contributed by atoms with Crippen LogP contribution in [0.15, 0.2) is 52.2 Å². The van der Waals surface area contributed by atoms with E-state index in [2.05, 4.69) is 15.8 Å². The van der Waals surface area contributed by atoms with Crippen LogP contribution in [0, 0.1) is 0 Å². The third-order valence-corrected chi connectivity index (χ3v) is 2.87. The van der Waals surface area contributed by atoms with E-state index in [4.69, 9.17) is 14.9 Å². The molecule has 0 unspecified atom stereocenters. The lowest BCUT2D eigenvalue weighted by atomic mass is 10.2. The van der Waals surface area contributed by atoms with Crippen LogP contribution in [-0.4, -0.2) is 30.5 Å². The van der Waals surface area contributed by atoms with E-state index in [9.17, 15) is 14.4 Å². The third-order valence-electron chi connectivity index (χ3n) is 2.87. The molecule has 0 atom stereocenters. The number of amides is 3. The predicted octanol–water partition coefficient (Wildman–Crippen LogP) is -0.0898. The molecule has 0 bridgehead atoms. The quantitative estimate of drug-likeness (QED) is 0.366. The Hall–Kier alpha value is -3.62. The molecule has 25 heavy (non-hydrogen) atoms. The molecule has 1 aromatic carbocycles. The summed E-state index contributed by atoms with van der Waals surface area (Å²) >= 11 is 0. The molecule has 0 radical (unpaired) electrons. The van der Waals surface area contributed by atoms with Crippen LogP contribution >= 0.6 is 0 Å². The zero-order chi connectivity index (χ0) is 18.1. The van der Waals surface area contributed by atoms with Gasteiger partial charge in [0.05, 0.1) is 19.0 Å². The first-order valence-electron chi connectivity index (χ1n) is 7.20. The summed E-state index contributed by atoms with van der Waals surface area (Å²) in [4.78, 5) is 34.0. The predicted molar refractivity (Wildman–Crippen MR) is 87.4 cm³/mol. The molecular formula is C16H16N4O5. The van der Waals surface area contributed by atoms with Crippen molar-refractivity contribution in [2.45, 2.75) is 6.54 Å². The van der Waals surface area contributed by atoms with Gasteiger partial charge in [-0.1, -0.05) is 12.1 Å². The molecule has 0 fully saturated rings. The topological polar surface area (TPSA) is 136 Å². The summed E-state index contributed by atoms with van der Waals surface area (Å²) in [5.74, 6) is -1.52. The van der Waals surface area contributed by atoms with Gasteiger partial charge in [0, 0.05) is 5.56 Å². The van der Waals surface area contributed by atoms with Crippen molar-refractivity contribution in [1.29, 1.82) is 0 Å². The largest absolute Gasteiger partial charge is 0.483 e. The van der Waals surface area contributed by atoms with Crippen LogP contribution in [0.2, 0.25) is 0 Å². The Morgan fingerprint density at radius 1 is 1.16 bits per heavy atom. The van der Waals surface area contributed by atoms with Crippen LogP contribution in [0.1, 0.15) is 11.3 Å². The smallest absolute Gasteiger partial charge is 0.329 e. The van der Waals surface area contributed by atoms with Crippen molar-refractivity contribution in [3.05, 3.63) is 54.0 Å². The molecule has 0 saturated heterocycles. The number of nitrogens with one attached hydrogen (secondary N) is 2. The molecule has 1 heterocycles. The summed E-state index contributed by atoms with van der Waals surface area (Å²) in [6, 6.07) is 10.0. The van der Waals surface area contributed by atoms with E-state index in [0.29, 0.717) is 17.1 Å². The average molecular weight is 344 g/mol. The fraction of sp³-hybridized carbons (Fsp3) is 0.125. The first kappa shape index (κ1) is 17.7. The van der Waals surface area contributed by atoms with Gasteiger partial charge in [-0.05, 0) is 24.3 Å². The first-order chi connectivity index (χ1) is 12.1. The van der Waals surface area contributed by atoms with E-state index in [1.165, 1.54) is 12.5 Å². The van der Waals surface area contributed by atoms with Gasteiger partial charge in [0.15, 0.2) is 6.61 Å². The van der Waals surface area contributed by atoms with Crippen molar-refractivity contribution in [3.63, 3.8) is 0 Å². The van der Waals surface area contributed by atoms with Crippen LogP contribution in [0.4, 0.5) is 0 Å². The van der Waals surface area contributed by atoms with Crippen LogP contribution in [-0.2, 0) is 20.9 Å². The van der Waals surface area contributed by atoms with E-state index in [-0.39, 0.29) is 13.2 Å². The number of primary amides is 1. The van der Waals surface area contributed by atoms with Gasteiger partial charge in [-0.3, -0.25) is 14.4 Å². The number of rotatable bonds is 7. The third kappa shape index (κ3) is 5.82. The minimum Gasteiger partial charge on any atom is -0.483 e. The maximum atomic E-state index is 11.6. The molecule has 2 aromatic rings. The number of para-hydroxylation sites is 1. The van der Waals surface area contributed by atoms with Gasteiger partial charge in [-0.25, -0.2) is 5.43 Å². The van der Waals surface area contributed by atoms with Gasteiger partial charge >= 0.3 is 11.8 Å². The summed E-state index contributed by atoms with van der Waals surface area (Å²) in [5, 5.41) is 6.07. The molecule has 0 aliphatic carbocycles. The highest BCUT2D eigenvalue weighted by molar-refractivity contribution is 6.35. The highest BCUT2D eigenvalue weighted by Gasteiger charge is 2.12. The van der Waals surface area contributed by atoms with E-state index in [1.807, 2.05) is 0 Å². The molecule has 0 aliphatic rings. The number of nitrogens with zero attached hydrogens (tertiary/aromatic N) is 1. The molecule has 0 saturated carbocycles. The SMILES string of the molecule is NC(=O)COc1ccccc1/C=N\NC(=O)C(=O)NCc1ccco1. The van der Waals surface area contributed by atoms with Crippen molar-refractivity contribution in [1.82, 2.24) is 10.7 Å². The van der Waals surface area contributed by atoms with E-state index in [0.717, 1.165) is 0 Å². The molecule has 9 heteroatoms. The lowest BCUT2D eigenvalue weighted by molar-refractivity contribution is -0.139. The Labute approximate surface area is 142 Å². The number of hydrogen-bond donors (Lipinski definition) is 3. The van der Waals surface area contributed by atoms with Crippen LogP contribution in [0.3, 0.4) is 0 Å². The van der Waals surface area contributed by atoms with Crippen molar-refractivity contribution >= 4 is 23.9 Å². The molecule has 3 amide bonds. The number of furan rings is 1. The highest BCUT2D eigenvalue weighted by Crippen LogP contribution is 2.15. The molecule has 0 aliphatic heterocycles. The summed E-state index contributed by atoms with van der Waals surface area (Å²) in [7, 11) is 0. The molecule has 2 rings (SSSR count). The second-order valence-corrected chi connectivity index (χ2v) is 4.75. The number of carbonyl (C=O) groups excluding carboxylic acids is 3. The summed E-state index contributed by atoms with van der Waals surface area (Å²) in [6.07, 6.45) is 2.75. The molecule has 130 valence electrons. The number of carbonyl (C=O) groups is 3. The summed E-state index contributed by atoms with van der Waals surface area (Å²) in [5.41, 5.74) is 7.62. The van der Waals surface area contributed by atoms with E-state index in [1.54, 1.807) is 36.4 Å². The van der Waals surface area contributed by atoms with Gasteiger partial charge in [0.25, 0.3) is 5.91 Å². The first-order valence-corrected chi connectivity index (χ1v) is 7.20. The van der Waals surface area contributed by atoms with Crippen molar-refractivity contribution in [2.75, 3.05) is 6.61 Å². The Bertz CT molecular complexity index is 771. The maximum Gasteiger partial charge on any atom is 0.329 e. The Morgan fingerprint density at radius 2 is 1.96 bits per heavy atom. The number of hydrazone groups is 1. The standard InChI is InChI=1S/C16H16N4O5/c17-14(21)10-25-13-6-2-1-4-11(13)8-19-20-16(23)15(22)18-9-12-5-3-7-24-12/h1-8H,9-10H2,(H2,17,21)(H,18,22)(H,20,23)/b19-8-. The van der Waals surface area contributed by atoms with Crippen molar-refractivity contribution in [2.24, 2.45) is 10.8 Å². The van der Waals surface area contributed by atoms with Crippen LogP contribution in [0.5, 0.6) is 5.75 Å². The lowest BCUT2D eigenvalue weighted by Gasteiger charge is -2.06. The fourth-order valence-electron chi connectivity index (χ4n) is 1.74. The number of nitrogens with two attached hydrogens (primary N) is 1. The lowest BCUT2D eigenvalue weighted by Crippen LogP contribution is -2.37. The minimum atomic E-state index is -0.932. The maximum absolute atomic E-state index is 11.6. The van der Waals surface area contributed by atoms with Gasteiger partial charge < -0.3 is 20.2 Å². The average Bonchev–Trinajstić information content (AvgIpc) is 3.12.